The Bertz CT molecular complexity index is 571. The molecule has 0 aliphatic rings. The van der Waals surface area contributed by atoms with Gasteiger partial charge in [-0.05, 0) is 44.0 Å². The fraction of sp³-hybridized carbons (Fsp3) is 0. The van der Waals surface area contributed by atoms with E-state index in [-0.39, 0.29) is 5.56 Å². The van der Waals surface area contributed by atoms with Gasteiger partial charge in [0.25, 0.3) is 5.56 Å². The van der Waals surface area contributed by atoms with Crippen LogP contribution in [-0.4, -0.2) is 9.97 Å². The van der Waals surface area contributed by atoms with E-state index in [9.17, 15) is 4.79 Å². The Balaban J connectivity index is 2.38. The van der Waals surface area contributed by atoms with Crippen LogP contribution in [0.1, 0.15) is 0 Å². The first-order valence-electron chi connectivity index (χ1n) is 4.34. The van der Waals surface area contributed by atoms with Crippen LogP contribution < -0.4 is 5.56 Å². The minimum Gasteiger partial charge on any atom is -0.312 e. The quantitative estimate of drug-likeness (QED) is 0.833. The van der Waals surface area contributed by atoms with E-state index in [1.54, 1.807) is 0 Å². The van der Waals surface area contributed by atoms with Crippen LogP contribution in [0, 0.1) is 0 Å². The zero-order valence-corrected chi connectivity index (χ0v) is 11.9. The lowest BCUT2D eigenvalue weighted by Gasteiger charge is -2.03. The van der Waals surface area contributed by atoms with Crippen LogP contribution >= 0.6 is 43.6 Å². The zero-order chi connectivity index (χ0) is 11.5. The normalized spacial score (nSPS) is 10.4. The molecule has 0 atom stereocenters. The Kier molecular flexibility index (Phi) is 3.83. The monoisotopic (exact) mass is 360 g/mol. The van der Waals surface area contributed by atoms with Gasteiger partial charge in [0.1, 0.15) is 9.50 Å². The summed E-state index contributed by atoms with van der Waals surface area (Å²) in [4.78, 5) is 19.0. The van der Waals surface area contributed by atoms with Crippen LogP contribution in [0.4, 0.5) is 0 Å². The van der Waals surface area contributed by atoms with Crippen LogP contribution in [0.15, 0.2) is 54.3 Å². The van der Waals surface area contributed by atoms with Gasteiger partial charge in [0.15, 0.2) is 0 Å². The molecular weight excluding hydrogens is 356 g/mol. The lowest BCUT2D eigenvalue weighted by molar-refractivity contribution is 0.990. The third kappa shape index (κ3) is 2.56. The van der Waals surface area contributed by atoms with E-state index in [4.69, 9.17) is 0 Å². The summed E-state index contributed by atoms with van der Waals surface area (Å²) in [5.41, 5.74) is -0.176. The molecule has 3 nitrogen and oxygen atoms in total. The molecule has 82 valence electrons. The number of aromatic nitrogens is 2. The van der Waals surface area contributed by atoms with Crippen LogP contribution in [0.2, 0.25) is 0 Å². The molecule has 6 heteroatoms. The van der Waals surface area contributed by atoms with Gasteiger partial charge >= 0.3 is 0 Å². The smallest absolute Gasteiger partial charge is 0.266 e. The summed E-state index contributed by atoms with van der Waals surface area (Å²) in [6.45, 7) is 0. The standard InChI is InChI=1S/C10H6Br2N2OS/c11-6-3-1-2-4-7(6)16-10-8(12)9(15)13-5-14-10/h1-5H,(H,13,14,15). The summed E-state index contributed by atoms with van der Waals surface area (Å²) in [5, 5.41) is 0.649. The Labute approximate surface area is 113 Å². The van der Waals surface area contributed by atoms with Gasteiger partial charge in [0, 0.05) is 9.37 Å². The molecule has 0 aliphatic heterocycles. The summed E-state index contributed by atoms with van der Waals surface area (Å²) in [6, 6.07) is 7.79. The number of nitrogens with zero attached hydrogens (tertiary/aromatic N) is 1. The number of benzene rings is 1. The van der Waals surface area contributed by atoms with E-state index in [1.165, 1.54) is 18.1 Å². The number of halogens is 2. The minimum atomic E-state index is -0.176. The molecule has 0 fully saturated rings. The van der Waals surface area contributed by atoms with Crippen molar-refractivity contribution in [3.63, 3.8) is 0 Å². The highest BCUT2D eigenvalue weighted by atomic mass is 79.9. The molecule has 1 aromatic heterocycles. The first-order chi connectivity index (χ1) is 7.68. The zero-order valence-electron chi connectivity index (χ0n) is 7.91. The fourth-order valence-corrected chi connectivity index (χ4v) is 2.86. The molecule has 0 unspecified atom stereocenters. The Morgan fingerprint density at radius 1 is 1.25 bits per heavy atom. The van der Waals surface area contributed by atoms with E-state index < -0.39 is 0 Å². The predicted octanol–water partition coefficient (Wildman–Crippen LogP) is 3.45. The maximum Gasteiger partial charge on any atom is 0.266 e. The second-order valence-electron chi connectivity index (χ2n) is 2.88. The van der Waals surface area contributed by atoms with Crippen molar-refractivity contribution in [1.82, 2.24) is 9.97 Å². The highest BCUT2D eigenvalue weighted by molar-refractivity contribution is 9.10. The molecule has 0 radical (unpaired) electrons. The van der Waals surface area contributed by atoms with Crippen molar-refractivity contribution in [2.24, 2.45) is 0 Å². The van der Waals surface area contributed by atoms with E-state index in [0.717, 1.165) is 9.37 Å². The van der Waals surface area contributed by atoms with Crippen molar-refractivity contribution >= 4 is 43.6 Å². The number of nitrogens with one attached hydrogen (secondary N) is 1. The predicted molar refractivity (Wildman–Crippen MR) is 70.8 cm³/mol. The fourth-order valence-electron chi connectivity index (χ4n) is 1.07. The van der Waals surface area contributed by atoms with E-state index in [2.05, 4.69) is 41.8 Å². The second kappa shape index (κ2) is 5.16. The van der Waals surface area contributed by atoms with Gasteiger partial charge in [-0.3, -0.25) is 4.79 Å². The molecule has 2 aromatic rings. The SMILES string of the molecule is O=c1[nH]cnc(Sc2ccccc2Br)c1Br. The van der Waals surface area contributed by atoms with Gasteiger partial charge in [0.2, 0.25) is 0 Å². The van der Waals surface area contributed by atoms with Crippen LogP contribution in [-0.2, 0) is 0 Å². The average molecular weight is 362 g/mol. The highest BCUT2D eigenvalue weighted by Gasteiger charge is 2.08. The third-order valence-corrected chi connectivity index (χ3v) is 4.84. The van der Waals surface area contributed by atoms with Crippen LogP contribution in [0.5, 0.6) is 0 Å². The third-order valence-electron chi connectivity index (χ3n) is 1.81. The average Bonchev–Trinajstić information content (AvgIpc) is 2.28. The van der Waals surface area contributed by atoms with Crippen molar-refractivity contribution in [1.29, 1.82) is 0 Å². The summed E-state index contributed by atoms with van der Waals surface area (Å²) in [5.74, 6) is 0. The van der Waals surface area contributed by atoms with Gasteiger partial charge in [-0.1, -0.05) is 23.9 Å². The van der Waals surface area contributed by atoms with Gasteiger partial charge in [-0.25, -0.2) is 4.98 Å². The topological polar surface area (TPSA) is 45.8 Å². The molecule has 0 saturated carbocycles. The maximum absolute atomic E-state index is 11.3. The van der Waals surface area contributed by atoms with Gasteiger partial charge < -0.3 is 4.98 Å². The summed E-state index contributed by atoms with van der Waals surface area (Å²) in [6.07, 6.45) is 1.40. The molecule has 1 heterocycles. The first-order valence-corrected chi connectivity index (χ1v) is 6.74. The lowest BCUT2D eigenvalue weighted by atomic mass is 10.4. The molecular formula is C10H6Br2N2OS. The van der Waals surface area contributed by atoms with E-state index in [0.29, 0.717) is 9.50 Å². The van der Waals surface area contributed by atoms with Crippen molar-refractivity contribution in [3.05, 3.63) is 49.9 Å². The van der Waals surface area contributed by atoms with E-state index in [1.807, 2.05) is 24.3 Å². The first kappa shape index (κ1) is 11.9. The molecule has 1 aromatic carbocycles. The number of hydrogen-bond donors (Lipinski definition) is 1. The molecule has 1 N–H and O–H groups in total. The van der Waals surface area contributed by atoms with Crippen LogP contribution in [0.3, 0.4) is 0 Å². The Morgan fingerprint density at radius 3 is 2.75 bits per heavy atom. The lowest BCUT2D eigenvalue weighted by Crippen LogP contribution is -2.07. The molecule has 2 rings (SSSR count). The van der Waals surface area contributed by atoms with Crippen molar-refractivity contribution in [2.75, 3.05) is 0 Å². The number of hydrogen-bond acceptors (Lipinski definition) is 3. The van der Waals surface area contributed by atoms with Gasteiger partial charge in [-0.2, -0.15) is 0 Å². The molecule has 0 aliphatic carbocycles. The van der Waals surface area contributed by atoms with Crippen LogP contribution in [0.25, 0.3) is 0 Å². The van der Waals surface area contributed by atoms with E-state index >= 15 is 0 Å². The Hall–Kier alpha value is -0.590. The molecule has 16 heavy (non-hydrogen) atoms. The van der Waals surface area contributed by atoms with Crippen molar-refractivity contribution < 1.29 is 0 Å². The Morgan fingerprint density at radius 2 is 2.00 bits per heavy atom. The molecule has 0 saturated heterocycles. The largest absolute Gasteiger partial charge is 0.312 e. The number of rotatable bonds is 2. The number of H-pyrrole nitrogens is 1. The summed E-state index contributed by atoms with van der Waals surface area (Å²) < 4.78 is 1.43. The van der Waals surface area contributed by atoms with Crippen molar-refractivity contribution in [3.8, 4) is 0 Å². The minimum absolute atomic E-state index is 0.176. The second-order valence-corrected chi connectivity index (χ2v) is 5.56. The van der Waals surface area contributed by atoms with Gasteiger partial charge in [0.05, 0.1) is 6.33 Å². The molecule has 0 spiro atoms. The summed E-state index contributed by atoms with van der Waals surface area (Å²) >= 11 is 8.10. The molecule has 0 bridgehead atoms. The maximum atomic E-state index is 11.3. The summed E-state index contributed by atoms with van der Waals surface area (Å²) in [7, 11) is 0. The highest BCUT2D eigenvalue weighted by Crippen LogP contribution is 2.34. The van der Waals surface area contributed by atoms with Crippen molar-refractivity contribution in [2.45, 2.75) is 9.92 Å². The number of aromatic amines is 1. The van der Waals surface area contributed by atoms with Gasteiger partial charge in [-0.15, -0.1) is 0 Å². The molecule has 0 amide bonds.